The molecule has 1 heterocycles. The van der Waals surface area contributed by atoms with Crippen molar-refractivity contribution in [3.05, 3.63) is 58.7 Å². The Balaban J connectivity index is 1.80. The molecule has 0 saturated carbocycles. The van der Waals surface area contributed by atoms with Crippen molar-refractivity contribution in [3.8, 4) is 5.75 Å². The standard InChI is InChI=1S/C21H26N2OS/c1-13-6-8-15(3)17(10-13)22-20(25)23-18-12-21(4,5)24-19-11-14(2)7-9-16(18)19/h6-11,18H,12H2,1-5H3,(H2,22,23,25). The van der Waals surface area contributed by atoms with Gasteiger partial charge in [0.15, 0.2) is 5.11 Å². The average molecular weight is 355 g/mol. The van der Waals surface area contributed by atoms with Crippen LogP contribution in [0.3, 0.4) is 0 Å². The van der Waals surface area contributed by atoms with Crippen LogP contribution in [-0.2, 0) is 0 Å². The van der Waals surface area contributed by atoms with Gasteiger partial charge >= 0.3 is 0 Å². The molecule has 1 unspecified atom stereocenters. The van der Waals surface area contributed by atoms with Crippen LogP contribution in [0.2, 0.25) is 0 Å². The van der Waals surface area contributed by atoms with Crippen LogP contribution < -0.4 is 15.4 Å². The fraction of sp³-hybridized carbons (Fsp3) is 0.381. The summed E-state index contributed by atoms with van der Waals surface area (Å²) in [4.78, 5) is 0. The Hall–Kier alpha value is -2.07. The molecule has 1 atom stereocenters. The number of fused-ring (bicyclic) bond motifs is 1. The van der Waals surface area contributed by atoms with Crippen molar-refractivity contribution in [3.63, 3.8) is 0 Å². The van der Waals surface area contributed by atoms with Crippen LogP contribution in [0.15, 0.2) is 36.4 Å². The lowest BCUT2D eigenvalue weighted by molar-refractivity contribution is 0.0696. The van der Waals surface area contributed by atoms with Crippen LogP contribution in [0.5, 0.6) is 5.75 Å². The van der Waals surface area contributed by atoms with Gasteiger partial charge in [-0.05, 0) is 75.7 Å². The molecule has 0 bridgehead atoms. The van der Waals surface area contributed by atoms with E-state index in [1.54, 1.807) is 0 Å². The van der Waals surface area contributed by atoms with Gasteiger partial charge in [-0.2, -0.15) is 0 Å². The van der Waals surface area contributed by atoms with Crippen molar-refractivity contribution in [2.45, 2.75) is 52.7 Å². The number of hydrogen-bond acceptors (Lipinski definition) is 2. The molecule has 1 aliphatic rings. The predicted molar refractivity (Wildman–Crippen MR) is 109 cm³/mol. The summed E-state index contributed by atoms with van der Waals surface area (Å²) < 4.78 is 6.16. The van der Waals surface area contributed by atoms with Gasteiger partial charge in [-0.25, -0.2) is 0 Å². The molecule has 2 aromatic carbocycles. The average Bonchev–Trinajstić information content (AvgIpc) is 2.49. The van der Waals surface area contributed by atoms with Gasteiger partial charge in [0.1, 0.15) is 11.4 Å². The summed E-state index contributed by atoms with van der Waals surface area (Å²) in [5.41, 5.74) is 5.57. The zero-order chi connectivity index (χ0) is 18.2. The van der Waals surface area contributed by atoms with E-state index in [-0.39, 0.29) is 11.6 Å². The fourth-order valence-electron chi connectivity index (χ4n) is 3.27. The Morgan fingerprint density at radius 1 is 1.08 bits per heavy atom. The van der Waals surface area contributed by atoms with Crippen molar-refractivity contribution in [2.75, 3.05) is 5.32 Å². The molecule has 0 radical (unpaired) electrons. The minimum absolute atomic E-state index is 0.129. The Labute approximate surface area is 155 Å². The molecule has 0 aromatic heterocycles. The molecule has 0 aliphatic carbocycles. The second kappa shape index (κ2) is 6.68. The molecule has 0 spiro atoms. The van der Waals surface area contributed by atoms with Gasteiger partial charge in [0.25, 0.3) is 0 Å². The molecule has 3 rings (SSSR count). The van der Waals surface area contributed by atoms with Crippen LogP contribution >= 0.6 is 12.2 Å². The first-order valence-corrected chi connectivity index (χ1v) is 9.09. The number of benzene rings is 2. The Kier molecular flexibility index (Phi) is 4.74. The van der Waals surface area contributed by atoms with Crippen molar-refractivity contribution in [2.24, 2.45) is 0 Å². The van der Waals surface area contributed by atoms with E-state index in [1.807, 2.05) is 0 Å². The zero-order valence-corrected chi connectivity index (χ0v) is 16.4. The summed E-state index contributed by atoms with van der Waals surface area (Å²) in [5.74, 6) is 0.947. The summed E-state index contributed by atoms with van der Waals surface area (Å²) in [7, 11) is 0. The quantitative estimate of drug-likeness (QED) is 0.726. The third kappa shape index (κ3) is 4.13. The van der Waals surface area contributed by atoms with E-state index in [1.165, 1.54) is 16.7 Å². The molecule has 25 heavy (non-hydrogen) atoms. The van der Waals surface area contributed by atoms with Gasteiger partial charge in [-0.3, -0.25) is 0 Å². The lowest BCUT2D eigenvalue weighted by atomic mass is 9.89. The number of aryl methyl sites for hydroxylation is 3. The van der Waals surface area contributed by atoms with Crippen LogP contribution in [-0.4, -0.2) is 10.7 Å². The zero-order valence-electron chi connectivity index (χ0n) is 15.6. The second-order valence-electron chi connectivity index (χ2n) is 7.58. The topological polar surface area (TPSA) is 33.3 Å². The summed E-state index contributed by atoms with van der Waals surface area (Å²) in [5, 5.41) is 7.47. The molecule has 132 valence electrons. The highest BCUT2D eigenvalue weighted by Crippen LogP contribution is 2.39. The molecular formula is C21H26N2OS. The normalized spacial score (nSPS) is 18.0. The van der Waals surface area contributed by atoms with Crippen molar-refractivity contribution >= 4 is 23.0 Å². The molecule has 4 heteroatoms. The maximum atomic E-state index is 6.16. The summed E-state index contributed by atoms with van der Waals surface area (Å²) in [6, 6.07) is 12.8. The lowest BCUT2D eigenvalue weighted by Crippen LogP contribution is -2.42. The van der Waals surface area contributed by atoms with Crippen LogP contribution in [0, 0.1) is 20.8 Å². The van der Waals surface area contributed by atoms with Crippen LogP contribution in [0.25, 0.3) is 0 Å². The highest BCUT2D eigenvalue weighted by Gasteiger charge is 2.34. The molecule has 0 amide bonds. The number of ether oxygens (including phenoxy) is 1. The minimum Gasteiger partial charge on any atom is -0.487 e. The highest BCUT2D eigenvalue weighted by molar-refractivity contribution is 7.80. The van der Waals surface area contributed by atoms with E-state index in [0.29, 0.717) is 5.11 Å². The van der Waals surface area contributed by atoms with E-state index < -0.39 is 0 Å². The van der Waals surface area contributed by atoms with E-state index in [4.69, 9.17) is 17.0 Å². The predicted octanol–water partition coefficient (Wildman–Crippen LogP) is 5.20. The number of rotatable bonds is 2. The second-order valence-corrected chi connectivity index (χ2v) is 7.98. The third-order valence-corrected chi connectivity index (χ3v) is 4.79. The molecule has 1 aliphatic heterocycles. The number of nitrogens with one attached hydrogen (secondary N) is 2. The summed E-state index contributed by atoms with van der Waals surface area (Å²) >= 11 is 5.59. The summed E-state index contributed by atoms with van der Waals surface area (Å²) in [6.07, 6.45) is 0.859. The van der Waals surface area contributed by atoms with Gasteiger partial charge < -0.3 is 15.4 Å². The lowest BCUT2D eigenvalue weighted by Gasteiger charge is -2.38. The molecule has 3 nitrogen and oxygen atoms in total. The molecular weight excluding hydrogens is 328 g/mol. The summed E-state index contributed by atoms with van der Waals surface area (Å²) in [6.45, 7) is 10.5. The molecule has 2 aromatic rings. The Morgan fingerprint density at radius 2 is 1.76 bits per heavy atom. The van der Waals surface area contributed by atoms with Crippen molar-refractivity contribution in [1.82, 2.24) is 5.32 Å². The first-order chi connectivity index (χ1) is 11.7. The van der Waals surface area contributed by atoms with Crippen molar-refractivity contribution in [1.29, 1.82) is 0 Å². The number of thiocarbonyl (C=S) groups is 1. The van der Waals surface area contributed by atoms with Gasteiger partial charge in [0, 0.05) is 17.7 Å². The Bertz CT molecular complexity index is 814. The Morgan fingerprint density at radius 3 is 2.52 bits per heavy atom. The minimum atomic E-state index is -0.229. The van der Waals surface area contributed by atoms with Gasteiger partial charge in [0.05, 0.1) is 6.04 Å². The van der Waals surface area contributed by atoms with Gasteiger partial charge in [-0.1, -0.05) is 24.3 Å². The maximum absolute atomic E-state index is 6.16. The van der Waals surface area contributed by atoms with Gasteiger partial charge in [-0.15, -0.1) is 0 Å². The van der Waals surface area contributed by atoms with E-state index >= 15 is 0 Å². The number of hydrogen-bond donors (Lipinski definition) is 2. The molecule has 0 fully saturated rings. The molecule has 2 N–H and O–H groups in total. The van der Waals surface area contributed by atoms with Crippen LogP contribution in [0.1, 0.15) is 48.6 Å². The van der Waals surface area contributed by atoms with Crippen LogP contribution in [0.4, 0.5) is 5.69 Å². The SMILES string of the molecule is Cc1ccc(C)c(NC(=S)NC2CC(C)(C)Oc3cc(C)ccc32)c1. The molecule has 0 saturated heterocycles. The first-order valence-electron chi connectivity index (χ1n) is 8.68. The van der Waals surface area contributed by atoms with E-state index in [0.717, 1.165) is 23.4 Å². The van der Waals surface area contributed by atoms with E-state index in [2.05, 4.69) is 81.7 Å². The highest BCUT2D eigenvalue weighted by atomic mass is 32.1. The van der Waals surface area contributed by atoms with E-state index in [9.17, 15) is 0 Å². The third-order valence-electron chi connectivity index (χ3n) is 4.57. The van der Waals surface area contributed by atoms with Crippen molar-refractivity contribution < 1.29 is 4.74 Å². The van der Waals surface area contributed by atoms with Gasteiger partial charge in [0.2, 0.25) is 0 Å². The first kappa shape index (κ1) is 17.7. The largest absolute Gasteiger partial charge is 0.487 e. The number of anilines is 1. The smallest absolute Gasteiger partial charge is 0.171 e. The maximum Gasteiger partial charge on any atom is 0.171 e. The fourth-order valence-corrected chi connectivity index (χ4v) is 3.53. The monoisotopic (exact) mass is 354 g/mol.